The van der Waals surface area contributed by atoms with Gasteiger partial charge in [-0.1, -0.05) is 0 Å². The lowest BCUT2D eigenvalue weighted by molar-refractivity contribution is -0.147. The number of aryl methyl sites for hydroxylation is 1. The maximum atomic E-state index is 12.3. The van der Waals surface area contributed by atoms with E-state index in [-0.39, 0.29) is 11.9 Å². The van der Waals surface area contributed by atoms with E-state index in [2.05, 4.69) is 5.32 Å². The molecule has 0 bridgehead atoms. The molecule has 6 nitrogen and oxygen atoms in total. The Labute approximate surface area is 134 Å². The van der Waals surface area contributed by atoms with E-state index in [4.69, 9.17) is 0 Å². The smallest absolute Gasteiger partial charge is 0.312 e. The van der Waals surface area contributed by atoms with Crippen LogP contribution in [0.4, 0.5) is 0 Å². The van der Waals surface area contributed by atoms with Gasteiger partial charge in [-0.05, 0) is 32.9 Å². The SMILES string of the molecule is Cc1ccc(C(=O)N2CCN(C(=O)C(=O)NC(C)C)CC2)s1. The molecule has 1 aromatic heterocycles. The number of hydrogen-bond acceptors (Lipinski definition) is 4. The Morgan fingerprint density at radius 3 is 2.18 bits per heavy atom. The van der Waals surface area contributed by atoms with E-state index in [1.165, 1.54) is 16.2 Å². The summed E-state index contributed by atoms with van der Waals surface area (Å²) in [6, 6.07) is 3.69. The molecule has 1 aliphatic rings. The summed E-state index contributed by atoms with van der Waals surface area (Å²) in [5.41, 5.74) is 0. The minimum atomic E-state index is -0.580. The number of nitrogens with one attached hydrogen (secondary N) is 1. The highest BCUT2D eigenvalue weighted by atomic mass is 32.1. The number of thiophene rings is 1. The molecule has 0 spiro atoms. The van der Waals surface area contributed by atoms with Crippen molar-refractivity contribution >= 4 is 29.1 Å². The van der Waals surface area contributed by atoms with Crippen molar-refractivity contribution in [3.05, 3.63) is 21.9 Å². The van der Waals surface area contributed by atoms with Crippen molar-refractivity contribution in [3.63, 3.8) is 0 Å². The number of carbonyl (C=O) groups excluding carboxylic acids is 3. The van der Waals surface area contributed by atoms with Crippen LogP contribution in [0.3, 0.4) is 0 Å². The van der Waals surface area contributed by atoms with Gasteiger partial charge in [0.15, 0.2) is 0 Å². The van der Waals surface area contributed by atoms with Crippen molar-refractivity contribution in [2.24, 2.45) is 0 Å². The second-order valence-electron chi connectivity index (χ2n) is 5.62. The molecule has 0 radical (unpaired) electrons. The van der Waals surface area contributed by atoms with Crippen LogP contribution in [0.2, 0.25) is 0 Å². The molecule has 0 unspecified atom stereocenters. The number of rotatable bonds is 2. The maximum absolute atomic E-state index is 12.3. The van der Waals surface area contributed by atoms with Gasteiger partial charge >= 0.3 is 11.8 Å². The summed E-state index contributed by atoms with van der Waals surface area (Å²) in [6.07, 6.45) is 0. The monoisotopic (exact) mass is 323 g/mol. The molecule has 2 rings (SSSR count). The first-order chi connectivity index (χ1) is 10.4. The van der Waals surface area contributed by atoms with Gasteiger partial charge in [0.2, 0.25) is 0 Å². The second-order valence-corrected chi connectivity index (χ2v) is 6.91. The fourth-order valence-electron chi connectivity index (χ4n) is 2.29. The van der Waals surface area contributed by atoms with Crippen LogP contribution in [-0.4, -0.2) is 59.7 Å². The summed E-state index contributed by atoms with van der Waals surface area (Å²) in [4.78, 5) is 41.1. The van der Waals surface area contributed by atoms with Crippen molar-refractivity contribution < 1.29 is 14.4 Å². The summed E-state index contributed by atoms with van der Waals surface area (Å²) in [7, 11) is 0. The number of piperazine rings is 1. The van der Waals surface area contributed by atoms with Crippen LogP contribution >= 0.6 is 11.3 Å². The van der Waals surface area contributed by atoms with Gasteiger partial charge in [0.25, 0.3) is 5.91 Å². The summed E-state index contributed by atoms with van der Waals surface area (Å²) in [5.74, 6) is -1.10. The topological polar surface area (TPSA) is 69.7 Å². The van der Waals surface area contributed by atoms with Gasteiger partial charge in [0.05, 0.1) is 4.88 Å². The van der Waals surface area contributed by atoms with Crippen molar-refractivity contribution in [1.82, 2.24) is 15.1 Å². The molecule has 1 aliphatic heterocycles. The second kappa shape index (κ2) is 6.91. The highest BCUT2D eigenvalue weighted by Gasteiger charge is 2.28. The summed E-state index contributed by atoms with van der Waals surface area (Å²) in [5, 5.41) is 2.59. The van der Waals surface area contributed by atoms with E-state index in [0.717, 1.165) is 9.75 Å². The average Bonchev–Trinajstić information content (AvgIpc) is 2.91. The van der Waals surface area contributed by atoms with Crippen molar-refractivity contribution in [1.29, 1.82) is 0 Å². The normalized spacial score (nSPS) is 15.1. The zero-order valence-corrected chi connectivity index (χ0v) is 13.9. The molecule has 3 amide bonds. The Morgan fingerprint density at radius 2 is 1.68 bits per heavy atom. The Bertz CT molecular complexity index is 574. The van der Waals surface area contributed by atoms with E-state index < -0.39 is 11.8 Å². The molecule has 0 atom stereocenters. The van der Waals surface area contributed by atoms with Crippen LogP contribution in [-0.2, 0) is 9.59 Å². The van der Waals surface area contributed by atoms with Crippen LogP contribution in [0, 0.1) is 6.92 Å². The number of hydrogen-bond donors (Lipinski definition) is 1. The predicted octanol–water partition coefficient (Wildman–Crippen LogP) is 0.866. The average molecular weight is 323 g/mol. The van der Waals surface area contributed by atoms with Gasteiger partial charge in [-0.2, -0.15) is 0 Å². The van der Waals surface area contributed by atoms with Gasteiger partial charge in [-0.15, -0.1) is 11.3 Å². The molecule has 22 heavy (non-hydrogen) atoms. The molecule has 1 aromatic rings. The van der Waals surface area contributed by atoms with Gasteiger partial charge in [0, 0.05) is 37.1 Å². The molecule has 0 saturated carbocycles. The predicted molar refractivity (Wildman–Crippen MR) is 84.8 cm³/mol. The molecule has 120 valence electrons. The van der Waals surface area contributed by atoms with Crippen LogP contribution in [0.5, 0.6) is 0 Å². The third-order valence-electron chi connectivity index (χ3n) is 3.42. The van der Waals surface area contributed by atoms with Crippen LogP contribution in [0.1, 0.15) is 28.4 Å². The largest absolute Gasteiger partial charge is 0.346 e. The standard InChI is InChI=1S/C15H21N3O3S/c1-10(2)16-13(19)15(21)18-8-6-17(7-9-18)14(20)12-5-4-11(3)22-12/h4-5,10H,6-9H2,1-3H3,(H,16,19). The van der Waals surface area contributed by atoms with E-state index >= 15 is 0 Å². The molecule has 1 saturated heterocycles. The minimum absolute atomic E-state index is 0.00293. The van der Waals surface area contributed by atoms with E-state index in [0.29, 0.717) is 26.2 Å². The Kier molecular flexibility index (Phi) is 5.18. The molecular formula is C15H21N3O3S. The van der Waals surface area contributed by atoms with Crippen LogP contribution in [0.15, 0.2) is 12.1 Å². The van der Waals surface area contributed by atoms with Gasteiger partial charge in [-0.25, -0.2) is 0 Å². The first kappa shape index (κ1) is 16.5. The van der Waals surface area contributed by atoms with Gasteiger partial charge < -0.3 is 15.1 Å². The Morgan fingerprint density at radius 1 is 1.09 bits per heavy atom. The minimum Gasteiger partial charge on any atom is -0.346 e. The molecule has 2 heterocycles. The number of nitrogens with zero attached hydrogens (tertiary/aromatic N) is 2. The van der Waals surface area contributed by atoms with E-state index in [9.17, 15) is 14.4 Å². The first-order valence-corrected chi connectivity index (χ1v) is 8.15. The van der Waals surface area contributed by atoms with Crippen molar-refractivity contribution in [2.75, 3.05) is 26.2 Å². The highest BCUT2D eigenvalue weighted by Crippen LogP contribution is 2.18. The summed E-state index contributed by atoms with van der Waals surface area (Å²) >= 11 is 1.47. The lowest BCUT2D eigenvalue weighted by Crippen LogP contribution is -2.54. The fraction of sp³-hybridized carbons (Fsp3) is 0.533. The third-order valence-corrected chi connectivity index (χ3v) is 4.41. The molecule has 0 aliphatic carbocycles. The molecule has 1 N–H and O–H groups in total. The number of carbonyl (C=O) groups is 3. The van der Waals surface area contributed by atoms with E-state index in [1.54, 1.807) is 4.90 Å². The highest BCUT2D eigenvalue weighted by molar-refractivity contribution is 7.13. The molecule has 7 heteroatoms. The fourth-order valence-corrected chi connectivity index (χ4v) is 3.12. The van der Waals surface area contributed by atoms with Crippen molar-refractivity contribution in [3.8, 4) is 0 Å². The molecule has 1 fully saturated rings. The Balaban J connectivity index is 1.89. The zero-order chi connectivity index (χ0) is 16.3. The lowest BCUT2D eigenvalue weighted by atomic mass is 10.2. The molecule has 0 aromatic carbocycles. The van der Waals surface area contributed by atoms with Gasteiger partial charge in [-0.3, -0.25) is 14.4 Å². The van der Waals surface area contributed by atoms with Crippen molar-refractivity contribution in [2.45, 2.75) is 26.8 Å². The number of amides is 3. The van der Waals surface area contributed by atoms with E-state index in [1.807, 2.05) is 32.9 Å². The van der Waals surface area contributed by atoms with Crippen LogP contribution in [0.25, 0.3) is 0 Å². The summed E-state index contributed by atoms with van der Waals surface area (Å²) < 4.78 is 0. The first-order valence-electron chi connectivity index (χ1n) is 7.34. The Hall–Kier alpha value is -1.89. The quantitative estimate of drug-likeness (QED) is 0.821. The van der Waals surface area contributed by atoms with Gasteiger partial charge in [0.1, 0.15) is 0 Å². The zero-order valence-electron chi connectivity index (χ0n) is 13.1. The lowest BCUT2D eigenvalue weighted by Gasteiger charge is -2.34. The molecular weight excluding hydrogens is 302 g/mol. The third kappa shape index (κ3) is 3.85. The maximum Gasteiger partial charge on any atom is 0.312 e. The van der Waals surface area contributed by atoms with Crippen LogP contribution < -0.4 is 5.32 Å². The summed E-state index contributed by atoms with van der Waals surface area (Å²) in [6.45, 7) is 7.27.